The van der Waals surface area contributed by atoms with Gasteiger partial charge in [-0.25, -0.2) is 4.79 Å². The van der Waals surface area contributed by atoms with Gasteiger partial charge in [0.05, 0.1) is 0 Å². The largest absolute Gasteiger partial charge is 0.508 e. The summed E-state index contributed by atoms with van der Waals surface area (Å²) in [5.74, 6) is -0.891. The minimum atomic E-state index is -1.12. The monoisotopic (exact) mass is 583 g/mol. The van der Waals surface area contributed by atoms with Gasteiger partial charge < -0.3 is 30.5 Å². The number of para-hydroxylation sites is 1. The first-order valence-corrected chi connectivity index (χ1v) is 15.0. The van der Waals surface area contributed by atoms with Gasteiger partial charge in [0, 0.05) is 24.6 Å². The van der Waals surface area contributed by atoms with Crippen LogP contribution in [0.5, 0.6) is 11.5 Å². The Hall–Kier alpha value is -3.75. The molecule has 0 aliphatic rings. The third kappa shape index (κ3) is 11.3. The van der Waals surface area contributed by atoms with E-state index < -0.39 is 35.6 Å². The van der Waals surface area contributed by atoms with E-state index in [0.29, 0.717) is 17.5 Å². The molecule has 3 amide bonds. The molecule has 0 saturated carbocycles. The molecular weight excluding hydrogens is 534 g/mol. The van der Waals surface area contributed by atoms with Crippen LogP contribution in [0.3, 0.4) is 0 Å². The average molecular weight is 584 g/mol. The van der Waals surface area contributed by atoms with E-state index in [0.717, 1.165) is 32.1 Å². The lowest BCUT2D eigenvalue weighted by Gasteiger charge is -2.35. The molecule has 42 heavy (non-hydrogen) atoms. The molecule has 4 N–H and O–H groups in total. The summed E-state index contributed by atoms with van der Waals surface area (Å²) in [6, 6.07) is 10.6. The van der Waals surface area contributed by atoms with E-state index in [1.807, 2.05) is 13.8 Å². The summed E-state index contributed by atoms with van der Waals surface area (Å²) in [5.41, 5.74) is 0.223. The van der Waals surface area contributed by atoms with Crippen LogP contribution < -0.4 is 10.6 Å². The fourth-order valence-electron chi connectivity index (χ4n) is 4.79. The molecule has 0 saturated heterocycles. The van der Waals surface area contributed by atoms with Crippen LogP contribution in [-0.4, -0.2) is 57.3 Å². The Kier molecular flexibility index (Phi) is 13.6. The van der Waals surface area contributed by atoms with Crippen molar-refractivity contribution in [3.8, 4) is 11.5 Å². The third-order valence-corrected chi connectivity index (χ3v) is 6.80. The highest BCUT2D eigenvalue weighted by Crippen LogP contribution is 2.31. The van der Waals surface area contributed by atoms with Gasteiger partial charge in [0.25, 0.3) is 0 Å². The Morgan fingerprint density at radius 2 is 1.57 bits per heavy atom. The Balaban J connectivity index is 2.58. The molecule has 0 spiro atoms. The molecule has 232 valence electrons. The lowest BCUT2D eigenvalue weighted by molar-refractivity contribution is -0.143. The van der Waals surface area contributed by atoms with Gasteiger partial charge in [0.15, 0.2) is 0 Å². The highest BCUT2D eigenvalue weighted by molar-refractivity contribution is 5.92. The topological polar surface area (TPSA) is 128 Å². The molecule has 0 bridgehead atoms. The fourth-order valence-corrected chi connectivity index (χ4v) is 4.79. The first kappa shape index (κ1) is 34.5. The lowest BCUT2D eigenvalue weighted by Crippen LogP contribution is -2.54. The molecule has 0 aliphatic carbocycles. The maximum Gasteiger partial charge on any atom is 0.408 e. The second-order valence-electron chi connectivity index (χ2n) is 11.8. The van der Waals surface area contributed by atoms with E-state index in [1.54, 1.807) is 51.1 Å². The van der Waals surface area contributed by atoms with Crippen LogP contribution in [0.2, 0.25) is 0 Å². The summed E-state index contributed by atoms with van der Waals surface area (Å²) in [4.78, 5) is 42.7. The summed E-state index contributed by atoms with van der Waals surface area (Å²) in [5, 5.41) is 26.4. The highest BCUT2D eigenvalue weighted by Gasteiger charge is 2.37. The normalized spacial score (nSPS) is 13.5. The lowest BCUT2D eigenvalue weighted by atomic mass is 9.98. The second-order valence-corrected chi connectivity index (χ2v) is 11.8. The molecule has 0 fully saturated rings. The number of alkyl carbamates (subject to hydrolysis) is 1. The van der Waals surface area contributed by atoms with Crippen LogP contribution in [-0.2, 0) is 20.7 Å². The van der Waals surface area contributed by atoms with Gasteiger partial charge >= 0.3 is 6.09 Å². The number of hydrogen-bond donors (Lipinski definition) is 4. The number of hydrogen-bond acceptors (Lipinski definition) is 6. The number of carbonyl (C=O) groups excluding carboxylic acids is 3. The molecule has 2 rings (SSSR count). The van der Waals surface area contributed by atoms with E-state index >= 15 is 0 Å². The number of phenols is 2. The van der Waals surface area contributed by atoms with Crippen molar-refractivity contribution in [2.45, 2.75) is 110 Å². The maximum absolute atomic E-state index is 14.5. The molecule has 0 radical (unpaired) electrons. The van der Waals surface area contributed by atoms with Crippen LogP contribution in [0.4, 0.5) is 4.79 Å². The number of aromatic hydroxyl groups is 2. The zero-order valence-electron chi connectivity index (χ0n) is 26.0. The third-order valence-electron chi connectivity index (χ3n) is 6.80. The molecule has 2 aromatic carbocycles. The zero-order chi connectivity index (χ0) is 31.3. The summed E-state index contributed by atoms with van der Waals surface area (Å²) in [6.45, 7) is 11.5. The summed E-state index contributed by atoms with van der Waals surface area (Å²) < 4.78 is 5.48. The van der Waals surface area contributed by atoms with Gasteiger partial charge in [0.1, 0.15) is 29.2 Å². The highest BCUT2D eigenvalue weighted by atomic mass is 16.6. The Labute approximate surface area is 250 Å². The van der Waals surface area contributed by atoms with Crippen LogP contribution in [0.25, 0.3) is 0 Å². The maximum atomic E-state index is 14.5. The second kappa shape index (κ2) is 16.6. The van der Waals surface area contributed by atoms with Gasteiger partial charge in [-0.05, 0) is 64.3 Å². The first-order chi connectivity index (χ1) is 19.9. The van der Waals surface area contributed by atoms with Crippen molar-refractivity contribution >= 4 is 17.9 Å². The van der Waals surface area contributed by atoms with Gasteiger partial charge in [0.2, 0.25) is 11.8 Å². The number of benzene rings is 2. The minimum Gasteiger partial charge on any atom is -0.508 e. The Bertz CT molecular complexity index is 1150. The first-order valence-electron chi connectivity index (χ1n) is 15.0. The van der Waals surface area contributed by atoms with E-state index in [1.165, 1.54) is 23.1 Å². The molecule has 0 aliphatic heterocycles. The molecular formula is C33H49N3O6. The van der Waals surface area contributed by atoms with E-state index in [-0.39, 0.29) is 30.5 Å². The SMILES string of the molecule is CCCCCCN(C(=O)C(Cc1ccc(O)cc1)NC(=O)OC(C)(C)C)C(C(=O)NC(C)CCC)c1ccccc1O. The van der Waals surface area contributed by atoms with Crippen molar-refractivity contribution in [2.75, 3.05) is 6.54 Å². The smallest absolute Gasteiger partial charge is 0.408 e. The Morgan fingerprint density at radius 3 is 2.17 bits per heavy atom. The van der Waals surface area contributed by atoms with Crippen molar-refractivity contribution in [2.24, 2.45) is 0 Å². The van der Waals surface area contributed by atoms with Crippen molar-refractivity contribution in [3.05, 3.63) is 59.7 Å². The van der Waals surface area contributed by atoms with Crippen molar-refractivity contribution in [3.63, 3.8) is 0 Å². The minimum absolute atomic E-state index is 0.0803. The number of unbranched alkanes of at least 4 members (excludes halogenated alkanes) is 3. The molecule has 2 aromatic rings. The number of amides is 3. The molecule has 9 heteroatoms. The Morgan fingerprint density at radius 1 is 0.905 bits per heavy atom. The molecule has 3 atom stereocenters. The molecule has 0 aromatic heterocycles. The van der Waals surface area contributed by atoms with Gasteiger partial charge in [-0.1, -0.05) is 69.9 Å². The van der Waals surface area contributed by atoms with Gasteiger partial charge in [-0.3, -0.25) is 9.59 Å². The van der Waals surface area contributed by atoms with Gasteiger partial charge in [-0.2, -0.15) is 0 Å². The van der Waals surface area contributed by atoms with Crippen LogP contribution in [0, 0.1) is 0 Å². The van der Waals surface area contributed by atoms with Crippen LogP contribution >= 0.6 is 0 Å². The summed E-state index contributed by atoms with van der Waals surface area (Å²) >= 11 is 0. The number of rotatable bonds is 15. The number of nitrogens with one attached hydrogen (secondary N) is 2. The van der Waals surface area contributed by atoms with E-state index in [9.17, 15) is 24.6 Å². The van der Waals surface area contributed by atoms with E-state index in [4.69, 9.17) is 4.74 Å². The summed E-state index contributed by atoms with van der Waals surface area (Å²) in [7, 11) is 0. The van der Waals surface area contributed by atoms with E-state index in [2.05, 4.69) is 17.6 Å². The standard InChI is InChI=1S/C33H49N3O6/c1-7-9-10-13-21-36(29(26-15-11-12-16-28(26)38)30(39)34-23(3)14-8-2)31(40)27(35-32(41)42-33(4,5)6)22-24-17-19-25(37)20-18-24/h11-12,15-20,23,27,29,37-38H,7-10,13-14,21-22H2,1-6H3,(H,34,39)(H,35,41). The fraction of sp³-hybridized carbons (Fsp3) is 0.545. The predicted octanol–water partition coefficient (Wildman–Crippen LogP) is 5.99. The number of ether oxygens (including phenoxy) is 1. The van der Waals surface area contributed by atoms with Gasteiger partial charge in [-0.15, -0.1) is 0 Å². The quantitative estimate of drug-likeness (QED) is 0.191. The molecule has 3 unspecified atom stereocenters. The number of nitrogens with zero attached hydrogens (tertiary/aromatic N) is 1. The van der Waals surface area contributed by atoms with Crippen molar-refractivity contribution in [1.29, 1.82) is 0 Å². The predicted molar refractivity (Wildman–Crippen MR) is 164 cm³/mol. The summed E-state index contributed by atoms with van der Waals surface area (Å²) in [6.07, 6.45) is 4.43. The van der Waals surface area contributed by atoms with Crippen molar-refractivity contribution in [1.82, 2.24) is 15.5 Å². The van der Waals surface area contributed by atoms with Crippen molar-refractivity contribution < 1.29 is 29.3 Å². The number of phenolic OH excluding ortho intramolecular Hbond substituents is 2. The average Bonchev–Trinajstić information content (AvgIpc) is 2.90. The zero-order valence-corrected chi connectivity index (χ0v) is 26.0. The molecule has 0 heterocycles. The molecule has 9 nitrogen and oxygen atoms in total. The van der Waals surface area contributed by atoms with Crippen LogP contribution in [0.15, 0.2) is 48.5 Å². The van der Waals surface area contributed by atoms with Crippen LogP contribution in [0.1, 0.15) is 97.2 Å². The number of carbonyl (C=O) groups is 3.